The highest BCUT2D eigenvalue weighted by Gasteiger charge is 2.26. The monoisotopic (exact) mass is 724 g/mol. The molecule has 5 rings (SSSR count). The summed E-state index contributed by atoms with van der Waals surface area (Å²) in [5.41, 5.74) is 1.16. The van der Waals surface area contributed by atoms with Gasteiger partial charge in [0.1, 0.15) is 11.8 Å². The van der Waals surface area contributed by atoms with Crippen LogP contribution in [-0.2, 0) is 21.2 Å². The molecule has 11 nitrogen and oxygen atoms in total. The van der Waals surface area contributed by atoms with Crippen molar-refractivity contribution in [2.24, 2.45) is 5.92 Å². The first-order valence-corrected chi connectivity index (χ1v) is 17.7. The third kappa shape index (κ3) is 9.65. The number of para-hydroxylation sites is 2. The molecule has 0 aliphatic carbocycles. The number of carboxylic acid groups (broad SMARTS) is 1. The number of nitrogens with one attached hydrogen (secondary N) is 3. The molecule has 1 unspecified atom stereocenters. The topological polar surface area (TPSA) is 154 Å². The molecule has 1 aliphatic heterocycles. The van der Waals surface area contributed by atoms with Gasteiger partial charge in [-0.15, -0.1) is 0 Å². The normalized spacial score (nSPS) is 14.0. The molecular formula is C35H34Cl2N4O7S. The van der Waals surface area contributed by atoms with Gasteiger partial charge in [-0.05, 0) is 78.9 Å². The second-order valence-corrected chi connectivity index (χ2v) is 14.0. The first-order chi connectivity index (χ1) is 23.5. The minimum Gasteiger partial charge on any atom is -0.465 e. The van der Waals surface area contributed by atoms with E-state index in [1.165, 1.54) is 41.3 Å². The molecule has 0 saturated carbocycles. The Labute approximate surface area is 294 Å². The molecule has 1 aliphatic rings. The molecule has 49 heavy (non-hydrogen) atoms. The average molecular weight is 726 g/mol. The van der Waals surface area contributed by atoms with Crippen LogP contribution in [0.25, 0.3) is 0 Å². The molecule has 4 aromatic rings. The van der Waals surface area contributed by atoms with Gasteiger partial charge in [-0.25, -0.2) is 13.2 Å². The summed E-state index contributed by atoms with van der Waals surface area (Å²) in [6.45, 7) is 1.16. The number of hydrogen-bond acceptors (Lipinski definition) is 6. The lowest BCUT2D eigenvalue weighted by molar-refractivity contribution is -0.123. The molecule has 4 N–H and O–H groups in total. The van der Waals surface area contributed by atoms with E-state index in [9.17, 15) is 27.9 Å². The predicted molar refractivity (Wildman–Crippen MR) is 187 cm³/mol. The van der Waals surface area contributed by atoms with Crippen molar-refractivity contribution in [3.63, 3.8) is 0 Å². The van der Waals surface area contributed by atoms with Gasteiger partial charge in [-0.3, -0.25) is 14.3 Å². The number of likely N-dealkylation sites (tertiary alicyclic amines) is 1. The second-order valence-electron chi connectivity index (χ2n) is 11.5. The molecule has 1 heterocycles. The minimum absolute atomic E-state index is 0.101. The first-order valence-electron chi connectivity index (χ1n) is 15.4. The number of carbonyl (C=O) groups is 3. The second kappa shape index (κ2) is 16.1. The van der Waals surface area contributed by atoms with E-state index in [-0.39, 0.29) is 50.9 Å². The van der Waals surface area contributed by atoms with Gasteiger partial charge in [0.05, 0.1) is 15.6 Å². The van der Waals surface area contributed by atoms with Gasteiger partial charge >= 0.3 is 6.09 Å². The highest BCUT2D eigenvalue weighted by molar-refractivity contribution is 7.92. The Morgan fingerprint density at radius 3 is 2.22 bits per heavy atom. The van der Waals surface area contributed by atoms with Crippen LogP contribution in [0.3, 0.4) is 0 Å². The van der Waals surface area contributed by atoms with Crippen LogP contribution in [0.1, 0.15) is 28.8 Å². The van der Waals surface area contributed by atoms with Gasteiger partial charge < -0.3 is 25.4 Å². The summed E-state index contributed by atoms with van der Waals surface area (Å²) in [6, 6.07) is 24.8. The molecule has 4 aromatic carbocycles. The van der Waals surface area contributed by atoms with Gasteiger partial charge in [-0.1, -0.05) is 65.7 Å². The third-order valence-corrected chi connectivity index (χ3v) is 9.94. The zero-order chi connectivity index (χ0) is 35.0. The number of hydrogen-bond donors (Lipinski definition) is 4. The summed E-state index contributed by atoms with van der Waals surface area (Å²) in [5.74, 6) is -0.318. The SMILES string of the molecule is O=C(NC(Cc1ccccc1)C(=O)NCC1CCN(C(=O)O)CC1)c1ccc(S(=O)(=O)Nc2ccccc2Oc2ccc(Cl)cc2Cl)cc1. The van der Waals surface area contributed by atoms with E-state index in [2.05, 4.69) is 15.4 Å². The van der Waals surface area contributed by atoms with Gasteiger partial charge in [0, 0.05) is 36.6 Å². The number of carbonyl (C=O) groups excluding carboxylic acids is 2. The summed E-state index contributed by atoms with van der Waals surface area (Å²) < 4.78 is 35.0. The average Bonchev–Trinajstić information content (AvgIpc) is 3.09. The Bertz CT molecular complexity index is 1900. The molecule has 1 atom stereocenters. The number of anilines is 1. The molecule has 14 heteroatoms. The zero-order valence-electron chi connectivity index (χ0n) is 26.1. The highest BCUT2D eigenvalue weighted by atomic mass is 35.5. The summed E-state index contributed by atoms with van der Waals surface area (Å²) >= 11 is 12.2. The van der Waals surface area contributed by atoms with Crippen LogP contribution < -0.4 is 20.1 Å². The van der Waals surface area contributed by atoms with Crippen LogP contribution in [0.5, 0.6) is 11.5 Å². The van der Waals surface area contributed by atoms with Crippen molar-refractivity contribution < 1.29 is 32.6 Å². The Kier molecular flexibility index (Phi) is 11.7. The number of piperidine rings is 1. The standard InChI is InChI=1S/C35H34Cl2N4O7S/c36-26-12-15-31(28(37)21-26)48-32-9-5-4-8-29(32)40-49(46,47)27-13-10-25(11-14-27)33(42)39-30(20-23-6-2-1-3-7-23)34(43)38-22-24-16-18-41(19-17-24)35(44)45/h1-15,21,24,30,40H,16-20,22H2,(H,38,43)(H,39,42)(H,44,45). The third-order valence-electron chi connectivity index (χ3n) is 8.03. The van der Waals surface area contributed by atoms with E-state index in [0.717, 1.165) is 5.56 Å². The van der Waals surface area contributed by atoms with E-state index in [4.69, 9.17) is 27.9 Å². The van der Waals surface area contributed by atoms with Gasteiger partial charge in [0.2, 0.25) is 5.91 Å². The summed E-state index contributed by atoms with van der Waals surface area (Å²) in [4.78, 5) is 39.1. The van der Waals surface area contributed by atoms with E-state index in [1.54, 1.807) is 30.3 Å². The Hall–Kier alpha value is -4.78. The Balaban J connectivity index is 1.24. The molecule has 0 aromatic heterocycles. The van der Waals surface area contributed by atoms with Crippen molar-refractivity contribution >= 4 is 56.8 Å². The number of nitrogens with zero attached hydrogens (tertiary/aromatic N) is 1. The quantitative estimate of drug-likeness (QED) is 0.131. The fourth-order valence-corrected chi connectivity index (χ4v) is 6.82. The van der Waals surface area contributed by atoms with Crippen molar-refractivity contribution in [3.05, 3.63) is 118 Å². The van der Waals surface area contributed by atoms with Crippen molar-refractivity contribution in [1.29, 1.82) is 0 Å². The molecule has 1 saturated heterocycles. The lowest BCUT2D eigenvalue weighted by Crippen LogP contribution is -2.49. The molecular weight excluding hydrogens is 691 g/mol. The smallest absolute Gasteiger partial charge is 0.407 e. The maximum absolute atomic E-state index is 13.3. The number of ether oxygens (including phenoxy) is 1. The van der Waals surface area contributed by atoms with Gasteiger partial charge in [0.15, 0.2) is 5.75 Å². The number of amides is 3. The number of sulfonamides is 1. The molecule has 256 valence electrons. The van der Waals surface area contributed by atoms with Crippen molar-refractivity contribution in [1.82, 2.24) is 15.5 Å². The van der Waals surface area contributed by atoms with Gasteiger partial charge in [0.25, 0.3) is 15.9 Å². The van der Waals surface area contributed by atoms with Crippen LogP contribution in [0.2, 0.25) is 10.0 Å². The predicted octanol–water partition coefficient (Wildman–Crippen LogP) is 6.43. The maximum atomic E-state index is 13.3. The summed E-state index contributed by atoms with van der Waals surface area (Å²) in [6.07, 6.45) is 0.532. The Morgan fingerprint density at radius 1 is 0.878 bits per heavy atom. The van der Waals surface area contributed by atoms with E-state index in [1.807, 2.05) is 30.3 Å². The lowest BCUT2D eigenvalue weighted by atomic mass is 9.96. The van der Waals surface area contributed by atoms with Crippen molar-refractivity contribution in [2.75, 3.05) is 24.4 Å². The van der Waals surface area contributed by atoms with Gasteiger partial charge in [-0.2, -0.15) is 0 Å². The molecule has 0 radical (unpaired) electrons. The number of halogens is 2. The fraction of sp³-hybridized carbons (Fsp3) is 0.229. The first kappa shape index (κ1) is 35.5. The molecule has 0 spiro atoms. The summed E-state index contributed by atoms with van der Waals surface area (Å²) in [5, 5.41) is 15.6. The molecule has 0 bridgehead atoms. The van der Waals surface area contributed by atoms with Crippen LogP contribution in [0.4, 0.5) is 10.5 Å². The molecule has 3 amide bonds. The van der Waals surface area contributed by atoms with Crippen LogP contribution in [0, 0.1) is 5.92 Å². The lowest BCUT2D eigenvalue weighted by Gasteiger charge is -2.30. The summed E-state index contributed by atoms with van der Waals surface area (Å²) in [7, 11) is -4.11. The highest BCUT2D eigenvalue weighted by Crippen LogP contribution is 2.35. The van der Waals surface area contributed by atoms with Crippen molar-refractivity contribution in [2.45, 2.75) is 30.2 Å². The van der Waals surface area contributed by atoms with E-state index in [0.29, 0.717) is 37.5 Å². The molecule has 1 fully saturated rings. The maximum Gasteiger partial charge on any atom is 0.407 e. The largest absolute Gasteiger partial charge is 0.465 e. The Morgan fingerprint density at radius 2 is 1.55 bits per heavy atom. The van der Waals surface area contributed by atoms with Crippen LogP contribution >= 0.6 is 23.2 Å². The zero-order valence-corrected chi connectivity index (χ0v) is 28.5. The number of benzene rings is 4. The van der Waals surface area contributed by atoms with E-state index >= 15 is 0 Å². The van der Waals surface area contributed by atoms with Crippen LogP contribution in [0.15, 0.2) is 102 Å². The number of rotatable bonds is 12. The fourth-order valence-electron chi connectivity index (χ4n) is 5.30. The minimum atomic E-state index is -4.11. The van der Waals surface area contributed by atoms with E-state index < -0.39 is 28.1 Å². The van der Waals surface area contributed by atoms with Crippen molar-refractivity contribution in [3.8, 4) is 11.5 Å². The van der Waals surface area contributed by atoms with Crippen LogP contribution in [-0.4, -0.2) is 62.0 Å².